The van der Waals surface area contributed by atoms with E-state index in [1.807, 2.05) is 0 Å². The molecule has 9 nitrogen and oxygen atoms in total. The fourth-order valence-electron chi connectivity index (χ4n) is 4.41. The number of nitrogens with one attached hydrogen (secondary N) is 3. The van der Waals surface area contributed by atoms with Gasteiger partial charge in [0.2, 0.25) is 11.9 Å². The molecular weight excluding hydrogens is 404 g/mol. The highest BCUT2D eigenvalue weighted by atomic mass is 35.5. The number of nitrogens with two attached hydrogens (primary N) is 1. The molecule has 3 atom stereocenters. The number of hydrogen-bond acceptors (Lipinski definition) is 8. The van der Waals surface area contributed by atoms with Gasteiger partial charge in [0.1, 0.15) is 11.5 Å². The fraction of sp³-hybridized carbons (Fsp3) is 0.647. The molecule has 0 bridgehead atoms. The number of hydrazine groups is 1. The zero-order chi connectivity index (χ0) is 20.2. The van der Waals surface area contributed by atoms with E-state index in [0.717, 1.165) is 32.0 Å². The van der Waals surface area contributed by atoms with Crippen molar-refractivity contribution in [1.29, 1.82) is 0 Å². The van der Waals surface area contributed by atoms with E-state index in [2.05, 4.69) is 36.2 Å². The summed E-state index contributed by atoms with van der Waals surface area (Å²) in [6.07, 6.45) is 5.53. The van der Waals surface area contributed by atoms with Gasteiger partial charge in [0.25, 0.3) is 0 Å². The van der Waals surface area contributed by atoms with E-state index >= 15 is 0 Å². The topological polar surface area (TPSA) is 119 Å². The lowest BCUT2D eigenvalue weighted by molar-refractivity contribution is 0.0560. The van der Waals surface area contributed by atoms with E-state index < -0.39 is 12.1 Å². The zero-order valence-electron chi connectivity index (χ0n) is 15.6. The summed E-state index contributed by atoms with van der Waals surface area (Å²) in [5.41, 5.74) is 12.2. The molecule has 0 amide bonds. The molecule has 0 spiro atoms. The molecule has 0 radical (unpaired) electrons. The summed E-state index contributed by atoms with van der Waals surface area (Å²) in [5.74, 6) is 1.94. The summed E-state index contributed by atoms with van der Waals surface area (Å²) < 4.78 is 26.5. The highest BCUT2D eigenvalue weighted by Crippen LogP contribution is 2.49. The smallest absolute Gasteiger partial charge is 0.333 e. The first-order valence-corrected chi connectivity index (χ1v) is 10.1. The SMILES string of the molecule is Nc1nc(NC2(c3nn(C(F)F)cc3Cl)CC2)nc(C2CCC3CNNC3C2)n1. The van der Waals surface area contributed by atoms with Crippen LogP contribution < -0.4 is 21.9 Å². The molecular formula is C17H22ClF2N9. The number of fused-ring (bicyclic) bond motifs is 1. The Balaban J connectivity index is 1.38. The van der Waals surface area contributed by atoms with Gasteiger partial charge in [-0.15, -0.1) is 0 Å². The molecule has 3 aliphatic rings. The molecule has 5 N–H and O–H groups in total. The lowest BCUT2D eigenvalue weighted by Crippen LogP contribution is -2.36. The molecule has 2 saturated carbocycles. The van der Waals surface area contributed by atoms with Crippen LogP contribution in [0.5, 0.6) is 0 Å². The maximum atomic E-state index is 13.0. The second-order valence-electron chi connectivity index (χ2n) is 8.07. The first-order chi connectivity index (χ1) is 13.9. The minimum Gasteiger partial charge on any atom is -0.368 e. The Hall–Kier alpha value is -2.11. The van der Waals surface area contributed by atoms with Crippen molar-refractivity contribution in [1.82, 2.24) is 35.6 Å². The third-order valence-electron chi connectivity index (χ3n) is 6.12. The molecule has 12 heteroatoms. The van der Waals surface area contributed by atoms with Gasteiger partial charge >= 0.3 is 6.55 Å². The maximum Gasteiger partial charge on any atom is 0.333 e. The Morgan fingerprint density at radius 3 is 2.83 bits per heavy atom. The normalized spacial score (nSPS) is 27.8. The highest BCUT2D eigenvalue weighted by Gasteiger charge is 2.49. The molecule has 0 aromatic carbocycles. The summed E-state index contributed by atoms with van der Waals surface area (Å²) in [6, 6.07) is 0.398. The molecule has 3 heterocycles. The first kappa shape index (κ1) is 18.9. The number of aromatic nitrogens is 5. The van der Waals surface area contributed by atoms with Crippen molar-refractivity contribution < 1.29 is 8.78 Å². The Bertz CT molecular complexity index is 916. The van der Waals surface area contributed by atoms with Crippen LogP contribution in [0.25, 0.3) is 0 Å². The summed E-state index contributed by atoms with van der Waals surface area (Å²) in [6.45, 7) is -1.76. The molecule has 1 aliphatic heterocycles. The van der Waals surface area contributed by atoms with Crippen molar-refractivity contribution in [2.24, 2.45) is 5.92 Å². The molecule has 2 aromatic rings. The van der Waals surface area contributed by atoms with Crippen LogP contribution in [0.1, 0.15) is 56.1 Å². The van der Waals surface area contributed by atoms with E-state index in [0.29, 0.717) is 46.9 Å². The van der Waals surface area contributed by atoms with Crippen molar-refractivity contribution in [3.05, 3.63) is 22.7 Å². The van der Waals surface area contributed by atoms with E-state index in [-0.39, 0.29) is 16.9 Å². The number of alkyl halides is 2. The number of nitrogen functional groups attached to an aromatic ring is 1. The molecule has 156 valence electrons. The van der Waals surface area contributed by atoms with Gasteiger partial charge in [-0.1, -0.05) is 11.6 Å². The van der Waals surface area contributed by atoms with Gasteiger partial charge in [-0.2, -0.15) is 28.8 Å². The molecule has 5 rings (SSSR count). The van der Waals surface area contributed by atoms with Crippen molar-refractivity contribution >= 4 is 23.5 Å². The van der Waals surface area contributed by atoms with Gasteiger partial charge < -0.3 is 11.1 Å². The number of rotatable bonds is 5. The summed E-state index contributed by atoms with van der Waals surface area (Å²) >= 11 is 6.17. The van der Waals surface area contributed by atoms with Crippen LogP contribution in [0.15, 0.2) is 6.20 Å². The van der Waals surface area contributed by atoms with Crippen molar-refractivity contribution in [3.63, 3.8) is 0 Å². The third-order valence-corrected chi connectivity index (χ3v) is 6.40. The van der Waals surface area contributed by atoms with Gasteiger partial charge in [0.05, 0.1) is 10.6 Å². The van der Waals surface area contributed by atoms with E-state index in [1.165, 1.54) is 0 Å². The highest BCUT2D eigenvalue weighted by molar-refractivity contribution is 6.31. The largest absolute Gasteiger partial charge is 0.368 e. The van der Waals surface area contributed by atoms with Crippen LogP contribution >= 0.6 is 11.6 Å². The molecule has 3 fully saturated rings. The molecule has 2 aromatic heterocycles. The second-order valence-corrected chi connectivity index (χ2v) is 8.47. The monoisotopic (exact) mass is 425 g/mol. The standard InChI is InChI=1S/C17H22ClF2N9/c18-10-7-29(14(19)20)28-12(10)17(3-4-17)26-16-24-13(23-15(21)25-16)8-1-2-9-6-22-27-11(9)5-8/h7-9,11,14,22,27H,1-6H2,(H3,21,23,24,25,26). The Morgan fingerprint density at radius 2 is 2.10 bits per heavy atom. The predicted molar refractivity (Wildman–Crippen MR) is 102 cm³/mol. The van der Waals surface area contributed by atoms with Gasteiger partial charge in [-0.05, 0) is 38.0 Å². The average molecular weight is 426 g/mol. The lowest BCUT2D eigenvalue weighted by atomic mass is 9.79. The van der Waals surface area contributed by atoms with Crippen molar-refractivity contribution in [2.45, 2.75) is 56.2 Å². The minimum absolute atomic E-state index is 0.136. The quantitative estimate of drug-likeness (QED) is 0.575. The molecule has 3 unspecified atom stereocenters. The van der Waals surface area contributed by atoms with Crippen LogP contribution in [-0.2, 0) is 5.54 Å². The Morgan fingerprint density at radius 1 is 1.28 bits per heavy atom. The van der Waals surface area contributed by atoms with Crippen LogP contribution in [0.3, 0.4) is 0 Å². The number of halogens is 3. The molecule has 29 heavy (non-hydrogen) atoms. The number of nitrogens with zero attached hydrogens (tertiary/aromatic N) is 5. The van der Waals surface area contributed by atoms with E-state index in [4.69, 9.17) is 17.3 Å². The van der Waals surface area contributed by atoms with E-state index in [1.54, 1.807) is 0 Å². The maximum absolute atomic E-state index is 13.0. The van der Waals surface area contributed by atoms with Crippen molar-refractivity contribution in [2.75, 3.05) is 17.6 Å². The first-order valence-electron chi connectivity index (χ1n) is 9.75. The van der Waals surface area contributed by atoms with Crippen LogP contribution in [-0.4, -0.2) is 37.3 Å². The van der Waals surface area contributed by atoms with Crippen LogP contribution in [0, 0.1) is 5.92 Å². The zero-order valence-corrected chi connectivity index (χ0v) is 16.3. The van der Waals surface area contributed by atoms with Gasteiger partial charge in [0, 0.05) is 24.7 Å². The number of hydrogen-bond donors (Lipinski definition) is 4. The fourth-order valence-corrected chi connectivity index (χ4v) is 4.73. The number of anilines is 2. The lowest BCUT2D eigenvalue weighted by Gasteiger charge is -2.30. The average Bonchev–Trinajstić information content (AvgIpc) is 3.12. The minimum atomic E-state index is -2.75. The van der Waals surface area contributed by atoms with Crippen LogP contribution in [0.2, 0.25) is 5.02 Å². The molecule has 2 aliphatic carbocycles. The van der Waals surface area contributed by atoms with Crippen molar-refractivity contribution in [3.8, 4) is 0 Å². The molecule has 1 saturated heterocycles. The third kappa shape index (κ3) is 3.51. The summed E-state index contributed by atoms with van der Waals surface area (Å²) in [4.78, 5) is 13.2. The van der Waals surface area contributed by atoms with Gasteiger partial charge in [-0.3, -0.25) is 10.9 Å². The van der Waals surface area contributed by atoms with Crippen LogP contribution in [0.4, 0.5) is 20.7 Å². The second kappa shape index (κ2) is 6.99. The van der Waals surface area contributed by atoms with E-state index in [9.17, 15) is 8.78 Å². The summed E-state index contributed by atoms with van der Waals surface area (Å²) in [5, 5.41) is 7.39. The predicted octanol–water partition coefficient (Wildman–Crippen LogP) is 2.16. The van der Waals surface area contributed by atoms with Gasteiger partial charge in [0.15, 0.2) is 0 Å². The van der Waals surface area contributed by atoms with Gasteiger partial charge in [-0.25, -0.2) is 4.68 Å². The Kier molecular flexibility index (Phi) is 4.56. The Labute approximate surface area is 170 Å². The summed E-state index contributed by atoms with van der Waals surface area (Å²) in [7, 11) is 0.